The molecule has 0 spiro atoms. The average Bonchev–Trinajstić information content (AvgIpc) is 2.56. The smallest absolute Gasteiger partial charge is 0.363 e. The lowest BCUT2D eigenvalue weighted by Gasteiger charge is -2.52. The fourth-order valence-corrected chi connectivity index (χ4v) is 3.69. The van der Waals surface area contributed by atoms with E-state index in [1.807, 2.05) is 42.2 Å². The van der Waals surface area contributed by atoms with Gasteiger partial charge in [0, 0.05) is 25.2 Å². The first-order valence-electron chi connectivity index (χ1n) is 8.59. The second kappa shape index (κ2) is 6.96. The summed E-state index contributed by atoms with van der Waals surface area (Å²) < 4.78 is 43.0. The third-order valence-electron chi connectivity index (χ3n) is 5.14. The number of para-hydroxylation sites is 1. The number of hydrogen-bond acceptors (Lipinski definition) is 3. The number of fused-ring (bicyclic) bond motifs is 1. The van der Waals surface area contributed by atoms with Crippen molar-refractivity contribution in [1.29, 1.82) is 0 Å². The van der Waals surface area contributed by atoms with Crippen LogP contribution in [0.1, 0.15) is 26.2 Å². The number of ether oxygens (including phenoxy) is 1. The molecule has 2 saturated heterocycles. The van der Waals surface area contributed by atoms with Gasteiger partial charge < -0.3 is 14.5 Å². The summed E-state index contributed by atoms with van der Waals surface area (Å²) in [6.07, 6.45) is -4.12. The first-order valence-corrected chi connectivity index (χ1v) is 8.59. The molecule has 7 heteroatoms. The highest BCUT2D eigenvalue weighted by Gasteiger charge is 2.49. The number of morpholine rings is 1. The topological polar surface area (TPSA) is 32.8 Å². The van der Waals surface area contributed by atoms with Crippen LogP contribution in [0.5, 0.6) is 0 Å². The number of likely N-dealkylation sites (tertiary alicyclic amines) is 1. The maximum Gasteiger partial charge on any atom is 0.389 e. The summed E-state index contributed by atoms with van der Waals surface area (Å²) in [5, 5.41) is 0. The minimum absolute atomic E-state index is 0.0377. The van der Waals surface area contributed by atoms with Crippen LogP contribution in [0, 0.1) is 0 Å². The van der Waals surface area contributed by atoms with Crippen LogP contribution >= 0.6 is 0 Å². The van der Waals surface area contributed by atoms with Crippen molar-refractivity contribution >= 4 is 11.6 Å². The third-order valence-corrected chi connectivity index (χ3v) is 5.14. The minimum atomic E-state index is -4.12. The Labute approximate surface area is 145 Å². The molecular weight excluding hydrogens is 333 g/mol. The lowest BCUT2D eigenvalue weighted by atomic mass is 9.85. The lowest BCUT2D eigenvalue weighted by molar-refractivity contribution is -0.151. The number of rotatable bonds is 4. The molecule has 0 unspecified atom stereocenters. The molecule has 4 nitrogen and oxygen atoms in total. The molecule has 1 aromatic rings. The van der Waals surface area contributed by atoms with Gasteiger partial charge >= 0.3 is 6.18 Å². The summed E-state index contributed by atoms with van der Waals surface area (Å²) in [4.78, 5) is 16.3. The number of piperidine rings is 1. The minimum Gasteiger partial charge on any atom is -0.363 e. The molecule has 0 aromatic heterocycles. The normalized spacial score (nSPS) is 28.1. The van der Waals surface area contributed by atoms with Crippen LogP contribution in [-0.4, -0.2) is 54.9 Å². The Hall–Kier alpha value is -1.60. The zero-order valence-electron chi connectivity index (χ0n) is 14.3. The molecular formula is C18H23F3N2O2. The molecule has 1 amide bonds. The van der Waals surface area contributed by atoms with E-state index in [1.54, 1.807) is 4.90 Å². The molecule has 3 rings (SSSR count). The number of carbonyl (C=O) groups excluding carboxylic acids is 1. The van der Waals surface area contributed by atoms with Crippen molar-refractivity contribution in [2.24, 2.45) is 0 Å². The molecule has 2 aliphatic heterocycles. The molecule has 0 aliphatic carbocycles. The highest BCUT2D eigenvalue weighted by molar-refractivity contribution is 5.96. The fourth-order valence-electron chi connectivity index (χ4n) is 3.69. The highest BCUT2D eigenvalue weighted by atomic mass is 19.4. The van der Waals surface area contributed by atoms with Gasteiger partial charge in [-0.2, -0.15) is 13.2 Å². The summed E-state index contributed by atoms with van der Waals surface area (Å²) in [6, 6.07) is 9.20. The Morgan fingerprint density at radius 2 is 2.00 bits per heavy atom. The summed E-state index contributed by atoms with van der Waals surface area (Å²) in [5.74, 6) is -0.106. The summed E-state index contributed by atoms with van der Waals surface area (Å²) in [5.41, 5.74) is 0.341. The van der Waals surface area contributed by atoms with Crippen LogP contribution in [0.25, 0.3) is 0 Å². The zero-order valence-corrected chi connectivity index (χ0v) is 14.3. The maximum atomic E-state index is 12.5. The van der Waals surface area contributed by atoms with Crippen molar-refractivity contribution in [1.82, 2.24) is 4.90 Å². The molecule has 138 valence electrons. The van der Waals surface area contributed by atoms with E-state index in [1.165, 1.54) is 0 Å². The zero-order chi connectivity index (χ0) is 18.1. The Morgan fingerprint density at radius 1 is 1.28 bits per heavy atom. The Bertz CT molecular complexity index is 608. The molecule has 25 heavy (non-hydrogen) atoms. The van der Waals surface area contributed by atoms with E-state index in [0.717, 1.165) is 5.69 Å². The molecule has 0 bridgehead atoms. The van der Waals surface area contributed by atoms with Gasteiger partial charge in [-0.15, -0.1) is 0 Å². The number of alkyl halides is 3. The maximum absolute atomic E-state index is 12.5. The molecule has 2 heterocycles. The SMILES string of the molecule is C[C@@]12CCN(CCCC(F)(F)F)C[C@H]1N(c1ccccc1)C(=O)CO2. The lowest BCUT2D eigenvalue weighted by Crippen LogP contribution is -2.67. The number of anilines is 1. The van der Waals surface area contributed by atoms with Gasteiger partial charge in [0.1, 0.15) is 6.61 Å². The number of hydrogen-bond donors (Lipinski definition) is 0. The van der Waals surface area contributed by atoms with Gasteiger partial charge in [0.05, 0.1) is 11.6 Å². The fraction of sp³-hybridized carbons (Fsp3) is 0.611. The van der Waals surface area contributed by atoms with Crippen molar-refractivity contribution in [3.63, 3.8) is 0 Å². The second-order valence-electron chi connectivity index (χ2n) is 6.99. The predicted molar refractivity (Wildman–Crippen MR) is 88.4 cm³/mol. The summed E-state index contributed by atoms with van der Waals surface area (Å²) >= 11 is 0. The number of carbonyl (C=O) groups is 1. The first kappa shape index (κ1) is 18.2. The van der Waals surface area contributed by atoms with Gasteiger partial charge in [-0.3, -0.25) is 4.79 Å². The van der Waals surface area contributed by atoms with Crippen LogP contribution in [0.3, 0.4) is 0 Å². The molecule has 2 fully saturated rings. The Kier molecular flexibility index (Phi) is 5.06. The number of nitrogens with zero attached hydrogens (tertiary/aromatic N) is 2. The number of amides is 1. The van der Waals surface area contributed by atoms with Crippen LogP contribution in [-0.2, 0) is 9.53 Å². The quantitative estimate of drug-likeness (QED) is 0.830. The largest absolute Gasteiger partial charge is 0.389 e. The second-order valence-corrected chi connectivity index (χ2v) is 6.99. The third kappa shape index (κ3) is 4.15. The van der Waals surface area contributed by atoms with Crippen LogP contribution in [0.15, 0.2) is 30.3 Å². The van der Waals surface area contributed by atoms with E-state index < -0.39 is 18.2 Å². The van der Waals surface area contributed by atoms with Crippen LogP contribution < -0.4 is 4.90 Å². The average molecular weight is 356 g/mol. The molecule has 0 N–H and O–H groups in total. The predicted octanol–water partition coefficient (Wildman–Crippen LogP) is 3.23. The van der Waals surface area contributed by atoms with Gasteiger partial charge in [-0.25, -0.2) is 0 Å². The van der Waals surface area contributed by atoms with E-state index in [-0.39, 0.29) is 25.0 Å². The van der Waals surface area contributed by atoms with Crippen LogP contribution in [0.4, 0.5) is 18.9 Å². The highest BCUT2D eigenvalue weighted by Crippen LogP contribution is 2.36. The Balaban J connectivity index is 1.73. The van der Waals surface area contributed by atoms with Gasteiger partial charge in [-0.05, 0) is 38.4 Å². The van der Waals surface area contributed by atoms with E-state index in [4.69, 9.17) is 4.74 Å². The van der Waals surface area contributed by atoms with E-state index in [2.05, 4.69) is 0 Å². The Morgan fingerprint density at radius 3 is 2.68 bits per heavy atom. The summed E-state index contributed by atoms with van der Waals surface area (Å²) in [6.45, 7) is 3.61. The number of benzene rings is 1. The van der Waals surface area contributed by atoms with Crippen LogP contribution in [0.2, 0.25) is 0 Å². The van der Waals surface area contributed by atoms with Gasteiger partial charge in [-0.1, -0.05) is 18.2 Å². The molecule has 1 aromatic carbocycles. The van der Waals surface area contributed by atoms with E-state index in [0.29, 0.717) is 26.1 Å². The van der Waals surface area contributed by atoms with Crippen molar-refractivity contribution in [3.8, 4) is 0 Å². The molecule has 2 atom stereocenters. The molecule has 0 saturated carbocycles. The summed E-state index contributed by atoms with van der Waals surface area (Å²) in [7, 11) is 0. The molecule has 2 aliphatic rings. The van der Waals surface area contributed by atoms with Gasteiger partial charge in [0.2, 0.25) is 0 Å². The van der Waals surface area contributed by atoms with Crippen molar-refractivity contribution in [2.75, 3.05) is 31.1 Å². The van der Waals surface area contributed by atoms with E-state index in [9.17, 15) is 18.0 Å². The molecule has 0 radical (unpaired) electrons. The van der Waals surface area contributed by atoms with Crippen molar-refractivity contribution in [3.05, 3.63) is 30.3 Å². The monoisotopic (exact) mass is 356 g/mol. The van der Waals surface area contributed by atoms with Crippen molar-refractivity contribution < 1.29 is 22.7 Å². The first-order chi connectivity index (χ1) is 11.8. The van der Waals surface area contributed by atoms with E-state index >= 15 is 0 Å². The van der Waals surface area contributed by atoms with Gasteiger partial charge in [0.25, 0.3) is 5.91 Å². The standard InChI is InChI=1S/C18H23F3N2O2/c1-17-9-11-22(10-5-8-18(19,20)21)12-15(17)23(16(24)13-25-17)14-6-3-2-4-7-14/h2-4,6-7,15H,5,8-13H2,1H3/t15-,17-/m1/s1. The number of halogens is 3. The van der Waals surface area contributed by atoms with Crippen molar-refractivity contribution in [2.45, 2.75) is 44.0 Å². The van der Waals surface area contributed by atoms with Gasteiger partial charge in [0.15, 0.2) is 0 Å².